The Morgan fingerprint density at radius 1 is 0.926 bits per heavy atom. The Balaban J connectivity index is 1.50. The molecule has 1 aliphatic rings. The predicted octanol–water partition coefficient (Wildman–Crippen LogP) is 2.92. The Hall–Kier alpha value is -2.82. The van der Waals surface area contributed by atoms with E-state index in [-0.39, 0.29) is 11.8 Å². The van der Waals surface area contributed by atoms with E-state index in [0.717, 1.165) is 16.9 Å². The Bertz CT molecular complexity index is 793. The molecule has 0 radical (unpaired) electrons. The summed E-state index contributed by atoms with van der Waals surface area (Å²) >= 11 is 0. The maximum Gasteiger partial charge on any atom is 0.253 e. The first kappa shape index (κ1) is 19.0. The number of carbonyl (C=O) groups excluding carboxylic acids is 2. The predicted molar refractivity (Wildman–Crippen MR) is 105 cm³/mol. The van der Waals surface area contributed by atoms with Crippen LogP contribution in [-0.4, -0.2) is 54.9 Å². The summed E-state index contributed by atoms with van der Waals surface area (Å²) in [6.07, 6.45) is 1.11. The van der Waals surface area contributed by atoms with Gasteiger partial charge in [0.05, 0.1) is 7.11 Å². The number of methoxy groups -OCH3 is 1. The van der Waals surface area contributed by atoms with Crippen molar-refractivity contribution in [3.8, 4) is 5.75 Å². The summed E-state index contributed by atoms with van der Waals surface area (Å²) in [5.41, 5.74) is 2.88. The van der Waals surface area contributed by atoms with Crippen LogP contribution in [0.25, 0.3) is 0 Å². The van der Waals surface area contributed by atoms with Gasteiger partial charge in [-0.2, -0.15) is 0 Å². The molecular formula is C22H26N2O3. The second kappa shape index (κ2) is 8.71. The van der Waals surface area contributed by atoms with Gasteiger partial charge in [0, 0.05) is 38.2 Å². The molecule has 2 aromatic carbocycles. The van der Waals surface area contributed by atoms with Gasteiger partial charge < -0.3 is 14.5 Å². The van der Waals surface area contributed by atoms with Crippen LogP contribution in [-0.2, 0) is 11.2 Å². The van der Waals surface area contributed by atoms with E-state index < -0.39 is 0 Å². The third kappa shape index (κ3) is 4.67. The van der Waals surface area contributed by atoms with Gasteiger partial charge >= 0.3 is 0 Å². The zero-order chi connectivity index (χ0) is 19.2. The third-order valence-corrected chi connectivity index (χ3v) is 5.02. The number of hydrogen-bond donors (Lipinski definition) is 0. The summed E-state index contributed by atoms with van der Waals surface area (Å²) in [6, 6.07) is 15.4. The number of nitrogens with zero attached hydrogens (tertiary/aromatic N) is 2. The van der Waals surface area contributed by atoms with E-state index >= 15 is 0 Å². The smallest absolute Gasteiger partial charge is 0.253 e. The Morgan fingerprint density at radius 2 is 1.56 bits per heavy atom. The van der Waals surface area contributed by atoms with Gasteiger partial charge in [0.25, 0.3) is 5.91 Å². The van der Waals surface area contributed by atoms with Crippen LogP contribution in [0, 0.1) is 6.92 Å². The fourth-order valence-corrected chi connectivity index (χ4v) is 3.35. The lowest BCUT2D eigenvalue weighted by Gasteiger charge is -2.35. The number of carbonyl (C=O) groups is 2. The molecule has 0 spiro atoms. The van der Waals surface area contributed by atoms with Crippen molar-refractivity contribution >= 4 is 11.8 Å². The van der Waals surface area contributed by atoms with Gasteiger partial charge in [-0.25, -0.2) is 0 Å². The molecule has 1 fully saturated rings. The average molecular weight is 366 g/mol. The van der Waals surface area contributed by atoms with Crippen molar-refractivity contribution in [3.05, 3.63) is 65.2 Å². The van der Waals surface area contributed by atoms with Crippen LogP contribution in [0.2, 0.25) is 0 Å². The van der Waals surface area contributed by atoms with Gasteiger partial charge in [-0.1, -0.05) is 35.9 Å². The van der Waals surface area contributed by atoms with E-state index in [1.54, 1.807) is 7.11 Å². The second-order valence-corrected chi connectivity index (χ2v) is 6.85. The lowest BCUT2D eigenvalue weighted by atomic mass is 10.1. The van der Waals surface area contributed by atoms with Crippen molar-refractivity contribution in [3.63, 3.8) is 0 Å². The molecule has 2 amide bonds. The quantitative estimate of drug-likeness (QED) is 0.818. The highest BCUT2D eigenvalue weighted by molar-refractivity contribution is 5.94. The van der Waals surface area contributed by atoms with Crippen molar-refractivity contribution in [1.29, 1.82) is 0 Å². The first-order chi connectivity index (χ1) is 13.1. The molecule has 3 rings (SSSR count). The zero-order valence-electron chi connectivity index (χ0n) is 16.0. The van der Waals surface area contributed by atoms with Crippen molar-refractivity contribution in [2.75, 3.05) is 33.3 Å². The minimum atomic E-state index is 0.0381. The highest BCUT2D eigenvalue weighted by Crippen LogP contribution is 2.19. The minimum Gasteiger partial charge on any atom is -0.496 e. The van der Waals surface area contributed by atoms with Gasteiger partial charge in [0.2, 0.25) is 5.91 Å². The number of hydrogen-bond acceptors (Lipinski definition) is 3. The van der Waals surface area contributed by atoms with Crippen molar-refractivity contribution in [1.82, 2.24) is 9.80 Å². The fraction of sp³-hybridized carbons (Fsp3) is 0.364. The van der Waals surface area contributed by atoms with Crippen LogP contribution in [0.5, 0.6) is 5.75 Å². The van der Waals surface area contributed by atoms with E-state index in [0.29, 0.717) is 44.6 Å². The molecule has 2 aromatic rings. The van der Waals surface area contributed by atoms with E-state index in [4.69, 9.17) is 4.74 Å². The SMILES string of the molecule is COc1ccccc1CCC(=O)N1CCN(C(=O)c2ccc(C)cc2)CC1. The highest BCUT2D eigenvalue weighted by Gasteiger charge is 2.24. The molecule has 5 nitrogen and oxygen atoms in total. The van der Waals surface area contributed by atoms with E-state index in [1.165, 1.54) is 0 Å². The van der Waals surface area contributed by atoms with Crippen molar-refractivity contribution in [2.24, 2.45) is 0 Å². The van der Waals surface area contributed by atoms with Crippen LogP contribution in [0.1, 0.15) is 27.9 Å². The molecule has 0 saturated carbocycles. The number of ether oxygens (including phenoxy) is 1. The molecule has 5 heteroatoms. The molecule has 0 unspecified atom stereocenters. The van der Waals surface area contributed by atoms with E-state index in [1.807, 2.05) is 65.3 Å². The highest BCUT2D eigenvalue weighted by atomic mass is 16.5. The lowest BCUT2D eigenvalue weighted by molar-refractivity contribution is -0.132. The minimum absolute atomic E-state index is 0.0381. The standard InChI is InChI=1S/C22H26N2O3/c1-17-7-9-19(10-8-17)22(26)24-15-13-23(14-16-24)21(25)12-11-18-5-3-4-6-20(18)27-2/h3-10H,11-16H2,1-2H3. The number of piperazine rings is 1. The van der Waals surface area contributed by atoms with Gasteiger partial charge in [0.15, 0.2) is 0 Å². The van der Waals surface area contributed by atoms with Gasteiger partial charge in [0.1, 0.15) is 5.75 Å². The summed E-state index contributed by atoms with van der Waals surface area (Å²) in [5, 5.41) is 0. The normalized spacial score (nSPS) is 14.1. The Labute approximate surface area is 160 Å². The molecule has 0 bridgehead atoms. The maximum atomic E-state index is 12.6. The molecule has 142 valence electrons. The average Bonchev–Trinajstić information content (AvgIpc) is 2.72. The summed E-state index contributed by atoms with van der Waals surface area (Å²) in [5.74, 6) is 0.985. The molecule has 27 heavy (non-hydrogen) atoms. The number of amides is 2. The molecule has 1 aliphatic heterocycles. The van der Waals surface area contributed by atoms with Gasteiger partial charge in [-0.15, -0.1) is 0 Å². The molecule has 0 aromatic heterocycles. The van der Waals surface area contributed by atoms with Crippen LogP contribution >= 0.6 is 0 Å². The van der Waals surface area contributed by atoms with Crippen molar-refractivity contribution < 1.29 is 14.3 Å². The molecule has 1 heterocycles. The van der Waals surface area contributed by atoms with E-state index in [9.17, 15) is 9.59 Å². The summed E-state index contributed by atoms with van der Waals surface area (Å²) in [7, 11) is 1.64. The number of rotatable bonds is 5. The largest absolute Gasteiger partial charge is 0.496 e. The van der Waals surface area contributed by atoms with E-state index in [2.05, 4.69) is 0 Å². The molecule has 0 N–H and O–H groups in total. The third-order valence-electron chi connectivity index (χ3n) is 5.02. The van der Waals surface area contributed by atoms with Crippen LogP contribution in [0.15, 0.2) is 48.5 Å². The lowest BCUT2D eigenvalue weighted by Crippen LogP contribution is -2.50. The van der Waals surface area contributed by atoms with Crippen molar-refractivity contribution in [2.45, 2.75) is 19.8 Å². The monoisotopic (exact) mass is 366 g/mol. The first-order valence-electron chi connectivity index (χ1n) is 9.34. The van der Waals surface area contributed by atoms with Crippen LogP contribution in [0.3, 0.4) is 0 Å². The summed E-state index contributed by atoms with van der Waals surface area (Å²) in [4.78, 5) is 28.8. The zero-order valence-corrected chi connectivity index (χ0v) is 16.0. The molecule has 0 aliphatic carbocycles. The maximum absolute atomic E-state index is 12.6. The summed E-state index contributed by atoms with van der Waals surface area (Å²) < 4.78 is 5.34. The van der Waals surface area contributed by atoms with Gasteiger partial charge in [-0.05, 0) is 37.1 Å². The Kier molecular flexibility index (Phi) is 6.12. The number of benzene rings is 2. The van der Waals surface area contributed by atoms with Gasteiger partial charge in [-0.3, -0.25) is 9.59 Å². The Morgan fingerprint density at radius 3 is 2.22 bits per heavy atom. The molecule has 0 atom stereocenters. The fourth-order valence-electron chi connectivity index (χ4n) is 3.35. The number of aryl methyl sites for hydroxylation is 2. The second-order valence-electron chi connectivity index (χ2n) is 6.85. The molecule has 1 saturated heterocycles. The first-order valence-corrected chi connectivity index (χ1v) is 9.34. The summed E-state index contributed by atoms with van der Waals surface area (Å²) in [6.45, 7) is 4.33. The number of para-hydroxylation sites is 1. The molecular weight excluding hydrogens is 340 g/mol. The van der Waals surface area contributed by atoms with Crippen LogP contribution < -0.4 is 4.74 Å². The topological polar surface area (TPSA) is 49.9 Å². The van der Waals surface area contributed by atoms with Crippen LogP contribution in [0.4, 0.5) is 0 Å².